The highest BCUT2D eigenvalue weighted by atomic mass is 35.5. The van der Waals surface area contributed by atoms with E-state index in [2.05, 4.69) is 0 Å². The molecular formula is C23H25ClN2O7S. The minimum Gasteiger partial charge on any atom is -0.495 e. The topological polar surface area (TPSA) is 102 Å². The number of amides is 1. The van der Waals surface area contributed by atoms with Crippen LogP contribution in [-0.2, 0) is 30.9 Å². The first-order valence-corrected chi connectivity index (χ1v) is 12.6. The lowest BCUT2D eigenvalue weighted by atomic mass is 10.0. The second-order valence-electron chi connectivity index (χ2n) is 8.02. The Hall–Kier alpha value is -2.82. The van der Waals surface area contributed by atoms with Gasteiger partial charge in [-0.25, -0.2) is 18.0 Å². The predicted molar refractivity (Wildman–Crippen MR) is 123 cm³/mol. The van der Waals surface area contributed by atoms with Crippen LogP contribution in [0.15, 0.2) is 53.4 Å². The summed E-state index contributed by atoms with van der Waals surface area (Å²) in [7, 11) is -2.47. The lowest BCUT2D eigenvalue weighted by Gasteiger charge is -2.36. The molecule has 34 heavy (non-hydrogen) atoms. The van der Waals surface area contributed by atoms with Crippen molar-refractivity contribution in [1.29, 1.82) is 0 Å². The maximum atomic E-state index is 13.2. The van der Waals surface area contributed by atoms with Crippen LogP contribution in [0, 0.1) is 0 Å². The molecule has 0 spiro atoms. The summed E-state index contributed by atoms with van der Waals surface area (Å²) in [5, 5.41) is 0.283. The number of esters is 1. The molecule has 2 heterocycles. The summed E-state index contributed by atoms with van der Waals surface area (Å²) in [4.78, 5) is 26.5. The van der Waals surface area contributed by atoms with E-state index < -0.39 is 28.1 Å². The number of piperidine rings is 1. The molecule has 2 saturated heterocycles. The summed E-state index contributed by atoms with van der Waals surface area (Å²) in [5.74, 6) is -0.343. The van der Waals surface area contributed by atoms with Crippen molar-refractivity contribution in [3.63, 3.8) is 0 Å². The molecule has 11 heteroatoms. The largest absolute Gasteiger partial charge is 0.495 e. The van der Waals surface area contributed by atoms with Crippen LogP contribution in [0.1, 0.15) is 18.4 Å². The molecule has 9 nitrogen and oxygen atoms in total. The number of hydrogen-bond acceptors (Lipinski definition) is 7. The molecule has 1 atom stereocenters. The molecule has 0 aliphatic carbocycles. The van der Waals surface area contributed by atoms with E-state index in [1.54, 1.807) is 6.07 Å². The summed E-state index contributed by atoms with van der Waals surface area (Å²) < 4.78 is 43.5. The van der Waals surface area contributed by atoms with E-state index in [0.717, 1.165) is 5.56 Å². The number of sulfonamides is 1. The molecule has 0 N–H and O–H groups in total. The van der Waals surface area contributed by atoms with Gasteiger partial charge < -0.3 is 14.2 Å². The van der Waals surface area contributed by atoms with E-state index in [1.165, 1.54) is 28.4 Å². The van der Waals surface area contributed by atoms with Crippen LogP contribution >= 0.6 is 11.6 Å². The highest BCUT2D eigenvalue weighted by molar-refractivity contribution is 7.89. The zero-order valence-corrected chi connectivity index (χ0v) is 20.1. The van der Waals surface area contributed by atoms with Gasteiger partial charge in [0.05, 0.1) is 7.11 Å². The molecule has 0 bridgehead atoms. The monoisotopic (exact) mass is 508 g/mol. The Morgan fingerprint density at radius 3 is 2.53 bits per heavy atom. The number of nitrogens with zero attached hydrogens (tertiary/aromatic N) is 2. The van der Waals surface area contributed by atoms with Crippen molar-refractivity contribution in [2.75, 3.05) is 26.8 Å². The third-order valence-electron chi connectivity index (χ3n) is 5.97. The van der Waals surface area contributed by atoms with E-state index in [4.69, 9.17) is 25.8 Å². The van der Waals surface area contributed by atoms with Crippen molar-refractivity contribution in [2.24, 2.45) is 0 Å². The summed E-state index contributed by atoms with van der Waals surface area (Å²) in [6.07, 6.45) is 0.0961. The number of rotatable bonds is 7. The Kier molecular flexibility index (Phi) is 7.30. The van der Waals surface area contributed by atoms with Gasteiger partial charge in [-0.2, -0.15) is 4.31 Å². The molecule has 1 unspecified atom stereocenters. The van der Waals surface area contributed by atoms with E-state index in [-0.39, 0.29) is 48.0 Å². The van der Waals surface area contributed by atoms with Gasteiger partial charge in [0.1, 0.15) is 23.9 Å². The summed E-state index contributed by atoms with van der Waals surface area (Å²) >= 11 is 6.01. The Bertz CT molecular complexity index is 1150. The van der Waals surface area contributed by atoms with Gasteiger partial charge >= 0.3 is 12.1 Å². The summed E-state index contributed by atoms with van der Waals surface area (Å²) in [6, 6.07) is 12.4. The minimum absolute atomic E-state index is 0.0103. The second kappa shape index (κ2) is 10.2. The van der Waals surface area contributed by atoms with E-state index in [9.17, 15) is 18.0 Å². The maximum absolute atomic E-state index is 13.2. The van der Waals surface area contributed by atoms with Gasteiger partial charge in [-0.3, -0.25) is 4.90 Å². The standard InChI is InChI=1S/C23H25ClN2O7S/c1-31-20-8-7-17(24)13-21(20)34(29,30)25-11-9-18(10-12-25)26-19(15-33-23(26)28)22(27)32-14-16-5-3-2-4-6-16/h2-8,13,18-19H,9-12,14-15H2,1H3. The quantitative estimate of drug-likeness (QED) is 0.529. The van der Waals surface area contributed by atoms with Crippen LogP contribution < -0.4 is 4.74 Å². The van der Waals surface area contributed by atoms with Crippen molar-refractivity contribution in [3.8, 4) is 5.75 Å². The highest BCUT2D eigenvalue weighted by Crippen LogP contribution is 2.32. The Balaban J connectivity index is 1.42. The average Bonchev–Trinajstić information content (AvgIpc) is 3.24. The fraction of sp³-hybridized carbons (Fsp3) is 0.391. The maximum Gasteiger partial charge on any atom is 0.410 e. The number of carbonyl (C=O) groups excluding carboxylic acids is 2. The number of carbonyl (C=O) groups is 2. The summed E-state index contributed by atoms with van der Waals surface area (Å²) in [6.45, 7) is 0.331. The molecule has 0 saturated carbocycles. The molecule has 2 fully saturated rings. The van der Waals surface area contributed by atoms with Crippen LogP contribution in [0.5, 0.6) is 5.75 Å². The van der Waals surface area contributed by atoms with Crippen molar-refractivity contribution >= 4 is 33.7 Å². The number of cyclic esters (lactones) is 1. The van der Waals surface area contributed by atoms with Crippen molar-refractivity contribution in [3.05, 3.63) is 59.1 Å². The van der Waals surface area contributed by atoms with Gasteiger partial charge in [0.25, 0.3) is 0 Å². The fourth-order valence-corrected chi connectivity index (χ4v) is 6.08. The van der Waals surface area contributed by atoms with Gasteiger partial charge in [0, 0.05) is 24.2 Å². The number of methoxy groups -OCH3 is 1. The molecule has 182 valence electrons. The summed E-state index contributed by atoms with van der Waals surface area (Å²) in [5.41, 5.74) is 0.836. The minimum atomic E-state index is -3.86. The van der Waals surface area contributed by atoms with Crippen LogP contribution in [0.25, 0.3) is 0 Å². The first-order valence-electron chi connectivity index (χ1n) is 10.8. The molecule has 2 aliphatic rings. The normalized spacial score (nSPS) is 19.6. The lowest BCUT2D eigenvalue weighted by molar-refractivity contribution is -0.150. The third-order valence-corrected chi connectivity index (χ3v) is 8.12. The molecule has 0 radical (unpaired) electrons. The van der Waals surface area contributed by atoms with Crippen molar-refractivity contribution in [2.45, 2.75) is 36.4 Å². The zero-order valence-electron chi connectivity index (χ0n) is 18.6. The van der Waals surface area contributed by atoms with E-state index >= 15 is 0 Å². The average molecular weight is 509 g/mol. The number of hydrogen-bond donors (Lipinski definition) is 0. The molecule has 2 aromatic rings. The smallest absolute Gasteiger partial charge is 0.410 e. The highest BCUT2D eigenvalue weighted by Gasteiger charge is 2.45. The first kappa shape index (κ1) is 24.3. The SMILES string of the molecule is COc1ccc(Cl)cc1S(=O)(=O)N1CCC(N2C(=O)OCC2C(=O)OCc2ccccc2)CC1. The molecule has 2 aromatic carbocycles. The van der Waals surface area contributed by atoms with Crippen LogP contribution in [0.2, 0.25) is 5.02 Å². The van der Waals surface area contributed by atoms with Gasteiger partial charge in [0.2, 0.25) is 10.0 Å². The second-order valence-corrected chi connectivity index (χ2v) is 10.4. The Morgan fingerprint density at radius 2 is 1.85 bits per heavy atom. The van der Waals surface area contributed by atoms with Gasteiger partial charge in [-0.15, -0.1) is 0 Å². The molecule has 2 aliphatic heterocycles. The van der Waals surface area contributed by atoms with Crippen molar-refractivity contribution < 1.29 is 32.2 Å². The molecule has 4 rings (SSSR count). The van der Waals surface area contributed by atoms with Crippen molar-refractivity contribution in [1.82, 2.24) is 9.21 Å². The lowest BCUT2D eigenvalue weighted by Crippen LogP contribution is -2.52. The number of ether oxygens (including phenoxy) is 3. The molecule has 0 aromatic heterocycles. The van der Waals surface area contributed by atoms with Gasteiger partial charge in [0.15, 0.2) is 6.04 Å². The fourth-order valence-electron chi connectivity index (χ4n) is 4.19. The first-order chi connectivity index (χ1) is 16.3. The van der Waals surface area contributed by atoms with Crippen LogP contribution in [-0.4, -0.2) is 68.6 Å². The van der Waals surface area contributed by atoms with E-state index in [0.29, 0.717) is 12.8 Å². The van der Waals surface area contributed by atoms with Crippen LogP contribution in [0.4, 0.5) is 4.79 Å². The number of benzene rings is 2. The third kappa shape index (κ3) is 4.98. The van der Waals surface area contributed by atoms with Gasteiger partial charge in [-0.05, 0) is 36.6 Å². The Labute approximate surface area is 203 Å². The van der Waals surface area contributed by atoms with Crippen LogP contribution in [0.3, 0.4) is 0 Å². The number of halogens is 1. The zero-order chi connectivity index (χ0) is 24.3. The predicted octanol–water partition coefficient (Wildman–Crippen LogP) is 3.07. The molecular weight excluding hydrogens is 484 g/mol. The van der Waals surface area contributed by atoms with Gasteiger partial charge in [-0.1, -0.05) is 41.9 Å². The van der Waals surface area contributed by atoms with E-state index in [1.807, 2.05) is 30.3 Å². The molecule has 1 amide bonds. The Morgan fingerprint density at radius 1 is 1.15 bits per heavy atom.